The van der Waals surface area contributed by atoms with Crippen molar-refractivity contribution >= 4 is 11.6 Å². The molecule has 0 atom stereocenters. The molecule has 0 radical (unpaired) electrons. The van der Waals surface area contributed by atoms with E-state index in [4.69, 9.17) is 0 Å². The summed E-state index contributed by atoms with van der Waals surface area (Å²) in [6.07, 6.45) is 5.08. The highest BCUT2D eigenvalue weighted by molar-refractivity contribution is 5.96. The molecule has 0 aliphatic carbocycles. The Labute approximate surface area is 142 Å². The molecule has 1 aromatic heterocycles. The maximum atomic E-state index is 13.1. The van der Waals surface area contributed by atoms with Crippen LogP contribution < -0.4 is 10.6 Å². The van der Waals surface area contributed by atoms with Crippen LogP contribution in [0, 0.1) is 0 Å². The van der Waals surface area contributed by atoms with Gasteiger partial charge in [-0.1, -0.05) is 12.1 Å². The Kier molecular flexibility index (Phi) is 4.97. The zero-order chi connectivity index (χ0) is 17.0. The van der Waals surface area contributed by atoms with Gasteiger partial charge in [-0.25, -0.2) is 0 Å². The SMILES string of the molecule is CN(C)Cc1cccc(NC(=O)C2(n3cccn3)CCNCC2)c1. The number of piperidine rings is 1. The first-order valence-corrected chi connectivity index (χ1v) is 8.36. The summed E-state index contributed by atoms with van der Waals surface area (Å²) in [6, 6.07) is 9.90. The number of nitrogens with one attached hydrogen (secondary N) is 2. The van der Waals surface area contributed by atoms with Gasteiger partial charge in [0.1, 0.15) is 5.54 Å². The molecule has 0 saturated carbocycles. The van der Waals surface area contributed by atoms with Gasteiger partial charge in [-0.3, -0.25) is 9.48 Å². The summed E-state index contributed by atoms with van der Waals surface area (Å²) >= 11 is 0. The Morgan fingerprint density at radius 2 is 2.12 bits per heavy atom. The van der Waals surface area contributed by atoms with E-state index < -0.39 is 5.54 Å². The molecule has 24 heavy (non-hydrogen) atoms. The molecule has 1 saturated heterocycles. The number of rotatable bonds is 5. The van der Waals surface area contributed by atoms with Crippen LogP contribution in [-0.4, -0.2) is 47.8 Å². The van der Waals surface area contributed by atoms with Crippen molar-refractivity contribution in [3.8, 4) is 0 Å². The molecule has 1 amide bonds. The van der Waals surface area contributed by atoms with Gasteiger partial charge < -0.3 is 15.5 Å². The van der Waals surface area contributed by atoms with E-state index in [1.54, 1.807) is 6.20 Å². The Morgan fingerprint density at radius 3 is 2.79 bits per heavy atom. The van der Waals surface area contributed by atoms with Gasteiger partial charge in [-0.05, 0) is 63.8 Å². The van der Waals surface area contributed by atoms with Crippen molar-refractivity contribution < 1.29 is 4.79 Å². The molecule has 2 aromatic rings. The topological polar surface area (TPSA) is 62.2 Å². The molecule has 1 aliphatic rings. The van der Waals surface area contributed by atoms with Gasteiger partial charge >= 0.3 is 0 Å². The van der Waals surface area contributed by atoms with Crippen molar-refractivity contribution in [3.63, 3.8) is 0 Å². The third-order valence-electron chi connectivity index (χ3n) is 4.48. The van der Waals surface area contributed by atoms with E-state index in [0.29, 0.717) is 0 Å². The Bertz CT molecular complexity index is 674. The monoisotopic (exact) mass is 327 g/mol. The summed E-state index contributed by atoms with van der Waals surface area (Å²) in [7, 11) is 4.07. The maximum absolute atomic E-state index is 13.1. The lowest BCUT2D eigenvalue weighted by atomic mass is 9.87. The Balaban J connectivity index is 1.82. The predicted octanol–water partition coefficient (Wildman–Crippen LogP) is 1.66. The quantitative estimate of drug-likeness (QED) is 0.877. The molecule has 1 aromatic carbocycles. The number of carbonyl (C=O) groups excluding carboxylic acids is 1. The zero-order valence-electron chi connectivity index (χ0n) is 14.3. The lowest BCUT2D eigenvalue weighted by Crippen LogP contribution is -2.52. The average molecular weight is 327 g/mol. The van der Waals surface area contributed by atoms with Gasteiger partial charge in [-0.15, -0.1) is 0 Å². The Hall–Kier alpha value is -2.18. The largest absolute Gasteiger partial charge is 0.324 e. The van der Waals surface area contributed by atoms with Crippen LogP contribution in [0.5, 0.6) is 0 Å². The fourth-order valence-electron chi connectivity index (χ4n) is 3.28. The molecule has 2 heterocycles. The maximum Gasteiger partial charge on any atom is 0.252 e. The molecule has 2 N–H and O–H groups in total. The standard InChI is InChI=1S/C18H25N5O/c1-22(2)14-15-5-3-6-16(13-15)21-17(24)18(7-10-19-11-8-18)23-12-4-9-20-23/h3-6,9,12-13,19H,7-8,10-11,14H2,1-2H3,(H,21,24). The third-order valence-corrected chi connectivity index (χ3v) is 4.48. The van der Waals surface area contributed by atoms with Crippen molar-refractivity contribution in [2.75, 3.05) is 32.5 Å². The third kappa shape index (κ3) is 3.49. The fourth-order valence-corrected chi connectivity index (χ4v) is 3.28. The van der Waals surface area contributed by atoms with Crippen LogP contribution in [0.3, 0.4) is 0 Å². The van der Waals surface area contributed by atoms with Gasteiger partial charge in [0.05, 0.1) is 0 Å². The van der Waals surface area contributed by atoms with Crippen LogP contribution in [0.4, 0.5) is 5.69 Å². The highest BCUT2D eigenvalue weighted by atomic mass is 16.2. The van der Waals surface area contributed by atoms with Crippen molar-refractivity contribution in [1.82, 2.24) is 20.0 Å². The first-order chi connectivity index (χ1) is 11.6. The number of hydrogen-bond donors (Lipinski definition) is 2. The highest BCUT2D eigenvalue weighted by Gasteiger charge is 2.42. The van der Waals surface area contributed by atoms with E-state index in [1.807, 2.05) is 49.2 Å². The predicted molar refractivity (Wildman–Crippen MR) is 94.8 cm³/mol. The van der Waals surface area contributed by atoms with Gasteiger partial charge in [0.25, 0.3) is 5.91 Å². The van der Waals surface area contributed by atoms with Crippen molar-refractivity contribution in [2.45, 2.75) is 24.9 Å². The normalized spacial score (nSPS) is 17.0. The van der Waals surface area contributed by atoms with Crippen molar-refractivity contribution in [2.24, 2.45) is 0 Å². The molecule has 3 rings (SSSR count). The van der Waals surface area contributed by atoms with E-state index in [1.165, 1.54) is 5.56 Å². The number of aromatic nitrogens is 2. The number of anilines is 1. The summed E-state index contributed by atoms with van der Waals surface area (Å²) in [4.78, 5) is 15.2. The summed E-state index contributed by atoms with van der Waals surface area (Å²) in [5.74, 6) is 0.00898. The van der Waals surface area contributed by atoms with Crippen LogP contribution in [0.25, 0.3) is 0 Å². The second kappa shape index (κ2) is 7.15. The lowest BCUT2D eigenvalue weighted by molar-refractivity contribution is -0.126. The second-order valence-corrected chi connectivity index (χ2v) is 6.62. The summed E-state index contributed by atoms with van der Waals surface area (Å²) < 4.78 is 1.81. The fraction of sp³-hybridized carbons (Fsp3) is 0.444. The minimum atomic E-state index is -0.619. The number of hydrogen-bond acceptors (Lipinski definition) is 4. The van der Waals surface area contributed by atoms with Crippen molar-refractivity contribution in [1.29, 1.82) is 0 Å². The Morgan fingerprint density at radius 1 is 1.33 bits per heavy atom. The molecule has 6 heteroatoms. The van der Waals surface area contributed by atoms with Gasteiger partial charge in [-0.2, -0.15) is 5.10 Å². The van der Waals surface area contributed by atoms with E-state index in [9.17, 15) is 4.79 Å². The highest BCUT2D eigenvalue weighted by Crippen LogP contribution is 2.28. The molecule has 1 fully saturated rings. The number of benzene rings is 1. The van der Waals surface area contributed by atoms with Crippen LogP contribution >= 0.6 is 0 Å². The molecule has 0 bridgehead atoms. The number of carbonyl (C=O) groups is 1. The zero-order valence-corrected chi connectivity index (χ0v) is 14.3. The van der Waals surface area contributed by atoms with E-state index in [0.717, 1.165) is 38.2 Å². The summed E-state index contributed by atoms with van der Waals surface area (Å²) in [6.45, 7) is 2.47. The van der Waals surface area contributed by atoms with E-state index in [2.05, 4.69) is 26.7 Å². The molecule has 1 aliphatic heterocycles. The van der Waals surface area contributed by atoms with Gasteiger partial charge in [0.15, 0.2) is 0 Å². The van der Waals surface area contributed by atoms with E-state index >= 15 is 0 Å². The number of nitrogens with zero attached hydrogens (tertiary/aromatic N) is 3. The lowest BCUT2D eigenvalue weighted by Gasteiger charge is -2.36. The van der Waals surface area contributed by atoms with Crippen LogP contribution in [0.2, 0.25) is 0 Å². The smallest absolute Gasteiger partial charge is 0.252 e. The molecule has 0 unspecified atom stereocenters. The van der Waals surface area contributed by atoms with E-state index in [-0.39, 0.29) is 5.91 Å². The average Bonchev–Trinajstić information content (AvgIpc) is 3.10. The van der Waals surface area contributed by atoms with Crippen molar-refractivity contribution in [3.05, 3.63) is 48.3 Å². The summed E-state index contributed by atoms with van der Waals surface area (Å²) in [5, 5.41) is 10.8. The number of amides is 1. The minimum Gasteiger partial charge on any atom is -0.324 e. The van der Waals surface area contributed by atoms with Gasteiger partial charge in [0.2, 0.25) is 0 Å². The van der Waals surface area contributed by atoms with Crippen LogP contribution in [0.1, 0.15) is 18.4 Å². The van der Waals surface area contributed by atoms with Crippen LogP contribution in [-0.2, 0) is 16.9 Å². The molecular formula is C18H25N5O. The summed E-state index contributed by atoms with van der Waals surface area (Å²) in [5.41, 5.74) is 1.40. The molecular weight excluding hydrogens is 302 g/mol. The first kappa shape index (κ1) is 16.7. The van der Waals surface area contributed by atoms with Crippen LogP contribution in [0.15, 0.2) is 42.7 Å². The molecule has 0 spiro atoms. The van der Waals surface area contributed by atoms with Gasteiger partial charge in [0, 0.05) is 24.6 Å². The molecule has 128 valence electrons. The second-order valence-electron chi connectivity index (χ2n) is 6.62. The molecule has 6 nitrogen and oxygen atoms in total. The first-order valence-electron chi connectivity index (χ1n) is 8.36. The minimum absolute atomic E-state index is 0.00898.